The minimum absolute atomic E-state index is 0.0696. The first-order chi connectivity index (χ1) is 12.2. The van der Waals surface area contributed by atoms with Crippen molar-refractivity contribution in [1.82, 2.24) is 25.1 Å². The minimum Gasteiger partial charge on any atom is -0.378 e. The molecule has 0 spiro atoms. The zero-order chi connectivity index (χ0) is 17.2. The molecule has 6 heteroatoms. The molecule has 128 valence electrons. The van der Waals surface area contributed by atoms with E-state index in [9.17, 15) is 0 Å². The molecule has 6 nitrogen and oxygen atoms in total. The smallest absolute Gasteiger partial charge is 0.173 e. The van der Waals surface area contributed by atoms with Crippen LogP contribution in [0.15, 0.2) is 54.6 Å². The summed E-state index contributed by atoms with van der Waals surface area (Å²) in [5.41, 5.74) is 3.71. The second kappa shape index (κ2) is 6.64. The van der Waals surface area contributed by atoms with Crippen LogP contribution in [0.5, 0.6) is 0 Å². The summed E-state index contributed by atoms with van der Waals surface area (Å²) in [6.45, 7) is 2.63. The van der Waals surface area contributed by atoms with Crippen LogP contribution >= 0.6 is 0 Å². The second-order valence-corrected chi connectivity index (χ2v) is 6.60. The number of anilines is 1. The van der Waals surface area contributed by atoms with Gasteiger partial charge in [0, 0.05) is 32.9 Å². The molecule has 0 amide bonds. The van der Waals surface area contributed by atoms with E-state index in [1.165, 1.54) is 16.8 Å². The highest BCUT2D eigenvalue weighted by Gasteiger charge is 2.31. The molecule has 3 aromatic rings. The average molecular weight is 334 g/mol. The van der Waals surface area contributed by atoms with Gasteiger partial charge in [-0.2, -0.15) is 0 Å². The van der Waals surface area contributed by atoms with Gasteiger partial charge in [-0.15, -0.1) is 5.10 Å². The molecular weight excluding hydrogens is 312 g/mol. The van der Waals surface area contributed by atoms with E-state index in [1.54, 1.807) is 0 Å². The van der Waals surface area contributed by atoms with E-state index < -0.39 is 0 Å². The first-order valence-electron chi connectivity index (χ1n) is 8.54. The first kappa shape index (κ1) is 15.8. The van der Waals surface area contributed by atoms with Crippen LogP contribution in [0.25, 0.3) is 0 Å². The van der Waals surface area contributed by atoms with Gasteiger partial charge in [0.2, 0.25) is 0 Å². The van der Waals surface area contributed by atoms with Crippen molar-refractivity contribution in [3.05, 3.63) is 71.5 Å². The van der Waals surface area contributed by atoms with Crippen LogP contribution in [0.2, 0.25) is 0 Å². The van der Waals surface area contributed by atoms with Crippen molar-refractivity contribution in [3.63, 3.8) is 0 Å². The van der Waals surface area contributed by atoms with Crippen LogP contribution in [0.1, 0.15) is 23.0 Å². The number of hydrogen-bond donors (Lipinski definition) is 0. The maximum atomic E-state index is 4.31. The minimum atomic E-state index is 0.0696. The van der Waals surface area contributed by atoms with Crippen molar-refractivity contribution >= 4 is 5.69 Å². The van der Waals surface area contributed by atoms with Gasteiger partial charge in [0.05, 0.1) is 12.6 Å². The fourth-order valence-electron chi connectivity index (χ4n) is 3.39. The van der Waals surface area contributed by atoms with Crippen LogP contribution < -0.4 is 4.90 Å². The lowest BCUT2D eigenvalue weighted by atomic mass is 10.0. The Balaban J connectivity index is 1.69. The largest absolute Gasteiger partial charge is 0.378 e. The normalized spacial score (nSPS) is 17.3. The van der Waals surface area contributed by atoms with Gasteiger partial charge >= 0.3 is 0 Å². The van der Waals surface area contributed by atoms with E-state index in [2.05, 4.69) is 94.0 Å². The molecule has 0 bridgehead atoms. The van der Waals surface area contributed by atoms with Crippen molar-refractivity contribution in [2.45, 2.75) is 19.1 Å². The fourth-order valence-corrected chi connectivity index (χ4v) is 3.39. The third-order valence-corrected chi connectivity index (χ3v) is 4.72. The Morgan fingerprint density at radius 2 is 1.76 bits per heavy atom. The Morgan fingerprint density at radius 1 is 1.00 bits per heavy atom. The quantitative estimate of drug-likeness (QED) is 0.733. The molecule has 0 fully saturated rings. The third kappa shape index (κ3) is 3.13. The van der Waals surface area contributed by atoms with Gasteiger partial charge < -0.3 is 4.90 Å². The molecule has 0 N–H and O–H groups in total. The number of benzene rings is 2. The summed E-state index contributed by atoms with van der Waals surface area (Å²) in [6, 6.07) is 19.3. The van der Waals surface area contributed by atoms with Crippen LogP contribution in [0.3, 0.4) is 0 Å². The van der Waals surface area contributed by atoms with E-state index in [-0.39, 0.29) is 6.04 Å². The topological polar surface area (TPSA) is 50.1 Å². The van der Waals surface area contributed by atoms with E-state index in [4.69, 9.17) is 0 Å². The van der Waals surface area contributed by atoms with Crippen molar-refractivity contribution in [2.75, 3.05) is 25.5 Å². The lowest BCUT2D eigenvalue weighted by Gasteiger charge is -2.35. The monoisotopic (exact) mass is 334 g/mol. The zero-order valence-electron chi connectivity index (χ0n) is 14.6. The molecule has 1 unspecified atom stereocenters. The Morgan fingerprint density at radius 3 is 2.48 bits per heavy atom. The zero-order valence-corrected chi connectivity index (χ0v) is 14.6. The Hall–Kier alpha value is -2.73. The molecular formula is C19H22N6. The second-order valence-electron chi connectivity index (χ2n) is 6.60. The Kier molecular flexibility index (Phi) is 4.19. The van der Waals surface area contributed by atoms with E-state index >= 15 is 0 Å². The predicted molar refractivity (Wildman–Crippen MR) is 97.3 cm³/mol. The molecule has 1 aliphatic rings. The van der Waals surface area contributed by atoms with Gasteiger partial charge in [-0.05, 0) is 33.7 Å². The van der Waals surface area contributed by atoms with Gasteiger partial charge in [0.1, 0.15) is 0 Å². The molecule has 1 aliphatic heterocycles. The van der Waals surface area contributed by atoms with Crippen LogP contribution in [0, 0.1) is 0 Å². The molecule has 0 radical (unpaired) electrons. The Bertz CT molecular complexity index is 825. The summed E-state index contributed by atoms with van der Waals surface area (Å²) < 4.78 is 1.92. The molecule has 0 saturated heterocycles. The van der Waals surface area contributed by atoms with E-state index in [0.29, 0.717) is 0 Å². The highest BCUT2D eigenvalue weighted by atomic mass is 15.6. The highest BCUT2D eigenvalue weighted by molar-refractivity contribution is 5.47. The maximum absolute atomic E-state index is 4.31. The molecule has 1 atom stereocenters. The van der Waals surface area contributed by atoms with E-state index in [1.807, 2.05) is 4.68 Å². The maximum Gasteiger partial charge on any atom is 0.173 e. The van der Waals surface area contributed by atoms with Gasteiger partial charge in [-0.1, -0.05) is 42.5 Å². The van der Waals surface area contributed by atoms with Crippen molar-refractivity contribution in [2.24, 2.45) is 0 Å². The van der Waals surface area contributed by atoms with Gasteiger partial charge in [0.15, 0.2) is 5.82 Å². The fraction of sp³-hybridized carbons (Fsp3) is 0.316. The highest BCUT2D eigenvalue weighted by Crippen LogP contribution is 2.32. The summed E-state index contributed by atoms with van der Waals surface area (Å²) in [5.74, 6) is 0.916. The molecule has 25 heavy (non-hydrogen) atoms. The van der Waals surface area contributed by atoms with Gasteiger partial charge in [-0.25, -0.2) is 4.68 Å². The number of nitrogens with zero attached hydrogens (tertiary/aromatic N) is 6. The van der Waals surface area contributed by atoms with E-state index in [0.717, 1.165) is 25.5 Å². The number of hydrogen-bond acceptors (Lipinski definition) is 5. The number of tetrazole rings is 1. The first-order valence-corrected chi connectivity index (χ1v) is 8.54. The van der Waals surface area contributed by atoms with Gasteiger partial charge in [0.25, 0.3) is 0 Å². The predicted octanol–water partition coefficient (Wildman–Crippen LogP) is 2.34. The number of rotatable bonds is 4. The average Bonchev–Trinajstić information content (AvgIpc) is 3.11. The lowest BCUT2D eigenvalue weighted by molar-refractivity contribution is 0.164. The van der Waals surface area contributed by atoms with Crippen LogP contribution in [-0.4, -0.2) is 45.7 Å². The summed E-state index contributed by atoms with van der Waals surface area (Å²) in [4.78, 5) is 4.56. The van der Waals surface area contributed by atoms with Gasteiger partial charge in [-0.3, -0.25) is 4.90 Å². The third-order valence-electron chi connectivity index (χ3n) is 4.72. The Labute approximate surface area is 147 Å². The molecule has 0 saturated carbocycles. The van der Waals surface area contributed by atoms with Crippen molar-refractivity contribution < 1.29 is 0 Å². The van der Waals surface area contributed by atoms with Crippen molar-refractivity contribution in [3.8, 4) is 0 Å². The van der Waals surface area contributed by atoms with Crippen LogP contribution in [0.4, 0.5) is 5.69 Å². The standard InChI is InChI=1S/C19H22N6/c1-23(2)17-10-8-16(9-11-17)18-19-20-21-22-25(19)13-12-24(18)14-15-6-4-3-5-7-15/h3-11,18H,12-14H2,1-2H3. The molecule has 1 aromatic heterocycles. The summed E-state index contributed by atoms with van der Waals surface area (Å²) in [7, 11) is 4.11. The molecule has 4 rings (SSSR count). The summed E-state index contributed by atoms with van der Waals surface area (Å²) >= 11 is 0. The lowest BCUT2D eigenvalue weighted by Crippen LogP contribution is -2.39. The van der Waals surface area contributed by atoms with Crippen LogP contribution in [-0.2, 0) is 13.1 Å². The summed E-state index contributed by atoms with van der Waals surface area (Å²) in [5, 5.41) is 12.3. The number of aromatic nitrogens is 4. The van der Waals surface area contributed by atoms with Crippen molar-refractivity contribution in [1.29, 1.82) is 0 Å². The summed E-state index contributed by atoms with van der Waals surface area (Å²) in [6.07, 6.45) is 0. The molecule has 2 heterocycles. The number of fused-ring (bicyclic) bond motifs is 1. The SMILES string of the molecule is CN(C)c1ccc(C2c3nnnn3CCN2Cc2ccccc2)cc1. The molecule has 0 aliphatic carbocycles. The molecule has 2 aromatic carbocycles.